The molecule has 1 aliphatic heterocycles. The first-order valence-corrected chi connectivity index (χ1v) is 7.38. The summed E-state index contributed by atoms with van der Waals surface area (Å²) in [4.78, 5) is 11.9. The van der Waals surface area contributed by atoms with Crippen LogP contribution in [0.3, 0.4) is 0 Å². The van der Waals surface area contributed by atoms with Gasteiger partial charge >= 0.3 is 0 Å². The molecular formula is C13H16ClNO2S. The van der Waals surface area contributed by atoms with Crippen molar-refractivity contribution in [2.75, 3.05) is 18.1 Å². The van der Waals surface area contributed by atoms with Crippen LogP contribution in [-0.2, 0) is 0 Å². The molecule has 0 bridgehead atoms. The van der Waals surface area contributed by atoms with Gasteiger partial charge < -0.3 is 10.4 Å². The predicted octanol–water partition coefficient (Wildman–Crippen LogP) is 2.25. The first-order valence-electron chi connectivity index (χ1n) is 5.85. The van der Waals surface area contributed by atoms with Gasteiger partial charge in [-0.1, -0.05) is 17.7 Å². The number of rotatable bonds is 3. The number of nitrogens with one attached hydrogen (secondary N) is 1. The Morgan fingerprint density at radius 2 is 2.39 bits per heavy atom. The zero-order valence-electron chi connectivity index (χ0n) is 10.2. The lowest BCUT2D eigenvalue weighted by atomic mass is 10.0. The molecule has 2 N–H and O–H groups in total. The van der Waals surface area contributed by atoms with Gasteiger partial charge in [0, 0.05) is 22.9 Å². The number of amides is 1. The van der Waals surface area contributed by atoms with Gasteiger partial charge in [-0.3, -0.25) is 4.79 Å². The van der Waals surface area contributed by atoms with Crippen LogP contribution in [-0.4, -0.2) is 34.7 Å². The SMILES string of the molecule is Cc1ccc(C(=O)NCC2(O)CCSC2)cc1Cl. The largest absolute Gasteiger partial charge is 0.387 e. The second kappa shape index (κ2) is 5.51. The minimum absolute atomic E-state index is 0.192. The molecule has 0 saturated carbocycles. The molecule has 5 heteroatoms. The summed E-state index contributed by atoms with van der Waals surface area (Å²) in [5.41, 5.74) is 0.716. The van der Waals surface area contributed by atoms with Crippen LogP contribution in [0.4, 0.5) is 0 Å². The Morgan fingerprint density at radius 1 is 1.61 bits per heavy atom. The lowest BCUT2D eigenvalue weighted by molar-refractivity contribution is 0.0612. The molecule has 1 aromatic carbocycles. The molecule has 1 fully saturated rings. The van der Waals surface area contributed by atoms with Crippen LogP contribution in [0.1, 0.15) is 22.3 Å². The summed E-state index contributed by atoms with van der Waals surface area (Å²) in [6.07, 6.45) is 0.729. The highest BCUT2D eigenvalue weighted by Gasteiger charge is 2.32. The number of carbonyl (C=O) groups excluding carboxylic acids is 1. The normalized spacial score (nSPS) is 23.1. The number of hydrogen-bond donors (Lipinski definition) is 2. The molecule has 2 rings (SSSR count). The van der Waals surface area contributed by atoms with Crippen molar-refractivity contribution in [3.05, 3.63) is 34.3 Å². The van der Waals surface area contributed by atoms with Crippen LogP contribution in [0.15, 0.2) is 18.2 Å². The zero-order valence-corrected chi connectivity index (χ0v) is 11.8. The maximum atomic E-state index is 11.9. The van der Waals surface area contributed by atoms with Crippen LogP contribution in [0.2, 0.25) is 5.02 Å². The van der Waals surface area contributed by atoms with E-state index in [1.54, 1.807) is 23.9 Å². The maximum absolute atomic E-state index is 11.9. The van der Waals surface area contributed by atoms with Crippen LogP contribution in [0.5, 0.6) is 0 Å². The first kappa shape index (κ1) is 13.7. The molecule has 1 aromatic rings. The number of thioether (sulfide) groups is 1. The molecule has 0 aliphatic carbocycles. The predicted molar refractivity (Wildman–Crippen MR) is 75.4 cm³/mol. The third-order valence-electron chi connectivity index (χ3n) is 3.09. The zero-order chi connectivity index (χ0) is 13.2. The summed E-state index contributed by atoms with van der Waals surface area (Å²) >= 11 is 7.69. The minimum atomic E-state index is -0.755. The fraction of sp³-hybridized carbons (Fsp3) is 0.462. The number of aryl methyl sites for hydroxylation is 1. The van der Waals surface area contributed by atoms with Crippen molar-refractivity contribution in [2.45, 2.75) is 18.9 Å². The highest BCUT2D eigenvalue weighted by Crippen LogP contribution is 2.27. The number of aliphatic hydroxyl groups is 1. The van der Waals surface area contributed by atoms with Gasteiger partial charge in [0.1, 0.15) is 0 Å². The Bertz CT molecular complexity index is 458. The molecule has 1 heterocycles. The minimum Gasteiger partial charge on any atom is -0.387 e. The standard InChI is InChI=1S/C13H16ClNO2S/c1-9-2-3-10(6-11(9)14)12(16)15-7-13(17)4-5-18-8-13/h2-3,6,17H,4-5,7-8H2,1H3,(H,15,16). The Balaban J connectivity index is 1.97. The molecule has 1 aliphatic rings. The van der Waals surface area contributed by atoms with Gasteiger partial charge in [-0.25, -0.2) is 0 Å². The molecule has 0 radical (unpaired) electrons. The highest BCUT2D eigenvalue weighted by molar-refractivity contribution is 7.99. The van der Waals surface area contributed by atoms with E-state index in [1.165, 1.54) is 0 Å². The number of benzene rings is 1. The van der Waals surface area contributed by atoms with Gasteiger partial charge in [-0.15, -0.1) is 0 Å². The van der Waals surface area contributed by atoms with Gasteiger partial charge in [-0.2, -0.15) is 11.8 Å². The smallest absolute Gasteiger partial charge is 0.251 e. The van der Waals surface area contributed by atoms with Crippen LogP contribution in [0, 0.1) is 6.92 Å². The first-order chi connectivity index (χ1) is 8.50. The topological polar surface area (TPSA) is 49.3 Å². The summed E-state index contributed by atoms with van der Waals surface area (Å²) in [7, 11) is 0. The van der Waals surface area contributed by atoms with E-state index in [-0.39, 0.29) is 5.91 Å². The third kappa shape index (κ3) is 3.19. The van der Waals surface area contributed by atoms with Crippen LogP contribution >= 0.6 is 23.4 Å². The highest BCUT2D eigenvalue weighted by atomic mass is 35.5. The van der Waals surface area contributed by atoms with Crippen molar-refractivity contribution in [1.82, 2.24) is 5.32 Å². The Labute approximate surface area is 116 Å². The van der Waals surface area contributed by atoms with E-state index in [0.717, 1.165) is 17.7 Å². The Kier molecular flexibility index (Phi) is 4.20. The quantitative estimate of drug-likeness (QED) is 0.895. The van der Waals surface area contributed by atoms with Gasteiger partial charge in [0.15, 0.2) is 0 Å². The molecule has 98 valence electrons. The Hall–Kier alpha value is -0.710. The molecular weight excluding hydrogens is 270 g/mol. The van der Waals surface area contributed by atoms with E-state index < -0.39 is 5.60 Å². The molecule has 1 amide bonds. The number of hydrogen-bond acceptors (Lipinski definition) is 3. The van der Waals surface area contributed by atoms with Crippen molar-refractivity contribution in [2.24, 2.45) is 0 Å². The second-order valence-electron chi connectivity index (χ2n) is 4.67. The van der Waals surface area contributed by atoms with Gasteiger partial charge in [0.2, 0.25) is 0 Å². The average Bonchev–Trinajstić information content (AvgIpc) is 2.77. The monoisotopic (exact) mass is 285 g/mol. The molecule has 18 heavy (non-hydrogen) atoms. The van der Waals surface area contributed by atoms with Crippen molar-refractivity contribution < 1.29 is 9.90 Å². The van der Waals surface area contributed by atoms with Crippen LogP contribution < -0.4 is 5.32 Å². The van der Waals surface area contributed by atoms with Crippen molar-refractivity contribution >= 4 is 29.3 Å². The summed E-state index contributed by atoms with van der Waals surface area (Å²) in [6, 6.07) is 5.21. The van der Waals surface area contributed by atoms with Gasteiger partial charge in [-0.05, 0) is 36.8 Å². The van der Waals surface area contributed by atoms with Gasteiger partial charge in [0.05, 0.1) is 5.60 Å². The summed E-state index contributed by atoms with van der Waals surface area (Å²) in [6.45, 7) is 2.19. The summed E-state index contributed by atoms with van der Waals surface area (Å²) < 4.78 is 0. The lowest BCUT2D eigenvalue weighted by Crippen LogP contribution is -2.42. The maximum Gasteiger partial charge on any atom is 0.251 e. The Morgan fingerprint density at radius 3 is 3.00 bits per heavy atom. The molecule has 1 atom stereocenters. The molecule has 0 spiro atoms. The van der Waals surface area contributed by atoms with Crippen molar-refractivity contribution in [3.63, 3.8) is 0 Å². The molecule has 1 saturated heterocycles. The summed E-state index contributed by atoms with van der Waals surface area (Å²) in [5, 5.41) is 13.5. The van der Waals surface area contributed by atoms with Crippen molar-refractivity contribution in [3.8, 4) is 0 Å². The fourth-order valence-electron chi connectivity index (χ4n) is 1.82. The summed E-state index contributed by atoms with van der Waals surface area (Å²) in [5.74, 6) is 1.44. The lowest BCUT2D eigenvalue weighted by Gasteiger charge is -2.21. The molecule has 1 unspecified atom stereocenters. The molecule has 0 aromatic heterocycles. The van der Waals surface area contributed by atoms with E-state index in [2.05, 4.69) is 5.32 Å². The number of carbonyl (C=O) groups is 1. The average molecular weight is 286 g/mol. The van der Waals surface area contributed by atoms with Crippen LogP contribution in [0.25, 0.3) is 0 Å². The molecule has 3 nitrogen and oxygen atoms in total. The van der Waals surface area contributed by atoms with E-state index >= 15 is 0 Å². The third-order valence-corrected chi connectivity index (χ3v) is 4.74. The van der Waals surface area contributed by atoms with E-state index in [4.69, 9.17) is 11.6 Å². The number of halogens is 1. The second-order valence-corrected chi connectivity index (χ2v) is 6.19. The van der Waals surface area contributed by atoms with E-state index in [0.29, 0.717) is 22.9 Å². The van der Waals surface area contributed by atoms with Gasteiger partial charge in [0.25, 0.3) is 5.91 Å². The van der Waals surface area contributed by atoms with E-state index in [9.17, 15) is 9.90 Å². The van der Waals surface area contributed by atoms with E-state index in [1.807, 2.05) is 13.0 Å². The van der Waals surface area contributed by atoms with Crippen molar-refractivity contribution in [1.29, 1.82) is 0 Å². The fourth-order valence-corrected chi connectivity index (χ4v) is 3.29.